The molecular formula is C15H19N3O2S. The normalized spacial score (nSPS) is 15.7. The molecular weight excluding hydrogens is 286 g/mol. The summed E-state index contributed by atoms with van der Waals surface area (Å²) in [6, 6.07) is 0. The van der Waals surface area contributed by atoms with Crippen molar-refractivity contribution in [2.24, 2.45) is 7.05 Å². The fourth-order valence-electron chi connectivity index (χ4n) is 2.99. The first-order valence-corrected chi connectivity index (χ1v) is 8.08. The number of aromatic nitrogens is 2. The summed E-state index contributed by atoms with van der Waals surface area (Å²) in [5, 5.41) is 0. The molecule has 1 aliphatic rings. The summed E-state index contributed by atoms with van der Waals surface area (Å²) in [6.07, 6.45) is 3.47. The number of hydrogen-bond donors (Lipinski definition) is 0. The van der Waals surface area contributed by atoms with Crippen LogP contribution in [-0.2, 0) is 7.05 Å². The molecule has 21 heavy (non-hydrogen) atoms. The lowest BCUT2D eigenvalue weighted by Gasteiger charge is -2.28. The van der Waals surface area contributed by atoms with Gasteiger partial charge >= 0.3 is 0 Å². The molecule has 0 atom stereocenters. The van der Waals surface area contributed by atoms with Crippen LogP contribution >= 0.6 is 11.3 Å². The molecule has 0 bridgehead atoms. The summed E-state index contributed by atoms with van der Waals surface area (Å²) in [6.45, 7) is 5.26. The van der Waals surface area contributed by atoms with E-state index in [4.69, 9.17) is 0 Å². The van der Waals surface area contributed by atoms with Crippen LogP contribution < -0.4 is 10.5 Å². The zero-order chi connectivity index (χ0) is 15.1. The lowest BCUT2D eigenvalue weighted by molar-refractivity contribution is 0.101. The van der Waals surface area contributed by atoms with E-state index >= 15 is 0 Å². The predicted octanol–water partition coefficient (Wildman–Crippen LogP) is 2.50. The molecule has 0 amide bonds. The Hall–Kier alpha value is -1.69. The number of aryl methyl sites for hydroxylation is 1. The van der Waals surface area contributed by atoms with Gasteiger partial charge in [-0.05, 0) is 33.1 Å². The van der Waals surface area contributed by atoms with Gasteiger partial charge in [-0.2, -0.15) is 0 Å². The van der Waals surface area contributed by atoms with Crippen LogP contribution in [-0.4, -0.2) is 28.4 Å². The summed E-state index contributed by atoms with van der Waals surface area (Å²) in [5.74, 6) is 0.664. The molecule has 3 heterocycles. The second-order valence-corrected chi connectivity index (χ2v) is 6.82. The van der Waals surface area contributed by atoms with Gasteiger partial charge in [0, 0.05) is 25.0 Å². The summed E-state index contributed by atoms with van der Waals surface area (Å²) in [7, 11) is 1.77. The zero-order valence-corrected chi connectivity index (χ0v) is 13.4. The number of Topliss-reactive ketones (excluding diaryl/α,β-unsaturated/α-hetero) is 1. The van der Waals surface area contributed by atoms with Crippen LogP contribution in [0.15, 0.2) is 4.79 Å². The number of nitrogens with zero attached hydrogens (tertiary/aromatic N) is 3. The van der Waals surface area contributed by atoms with Crippen molar-refractivity contribution in [1.29, 1.82) is 0 Å². The highest BCUT2D eigenvalue weighted by Gasteiger charge is 2.22. The molecule has 5 nitrogen and oxygen atoms in total. The average molecular weight is 305 g/mol. The highest BCUT2D eigenvalue weighted by Crippen LogP contribution is 2.29. The van der Waals surface area contributed by atoms with Crippen molar-refractivity contribution < 1.29 is 4.79 Å². The molecule has 0 aromatic carbocycles. The van der Waals surface area contributed by atoms with Crippen LogP contribution in [0.5, 0.6) is 0 Å². The molecule has 0 aliphatic carbocycles. The van der Waals surface area contributed by atoms with Crippen molar-refractivity contribution in [3.8, 4) is 0 Å². The maximum absolute atomic E-state index is 12.6. The lowest BCUT2D eigenvalue weighted by Crippen LogP contribution is -2.35. The van der Waals surface area contributed by atoms with E-state index in [0.717, 1.165) is 30.8 Å². The number of piperidine rings is 1. The Balaban J connectivity index is 2.26. The predicted molar refractivity (Wildman–Crippen MR) is 85.7 cm³/mol. The molecule has 112 valence electrons. The highest BCUT2D eigenvalue weighted by atomic mass is 32.1. The lowest BCUT2D eigenvalue weighted by atomic mass is 10.1. The number of carbonyl (C=O) groups is 1. The smallest absolute Gasteiger partial charge is 0.272 e. The van der Waals surface area contributed by atoms with Gasteiger partial charge in [-0.1, -0.05) is 0 Å². The van der Waals surface area contributed by atoms with Gasteiger partial charge in [0.15, 0.2) is 5.78 Å². The van der Waals surface area contributed by atoms with Gasteiger partial charge in [0.2, 0.25) is 5.95 Å². The number of anilines is 1. The topological polar surface area (TPSA) is 55.2 Å². The first-order chi connectivity index (χ1) is 10.0. The Labute approximate surface area is 127 Å². The number of hydrogen-bond acceptors (Lipinski definition) is 5. The summed E-state index contributed by atoms with van der Waals surface area (Å²) >= 11 is 1.37. The molecule has 1 saturated heterocycles. The van der Waals surface area contributed by atoms with Crippen molar-refractivity contribution in [2.75, 3.05) is 18.0 Å². The number of fused-ring (bicyclic) bond motifs is 1. The Morgan fingerprint density at radius 2 is 1.90 bits per heavy atom. The Morgan fingerprint density at radius 1 is 1.24 bits per heavy atom. The minimum atomic E-state index is -0.0545. The number of ketones is 1. The third kappa shape index (κ3) is 2.27. The SMILES string of the molecule is CC(=O)c1c(C)sc2c(=O)n(C)c(N3CCCCC3)nc12. The number of carbonyl (C=O) groups excluding carboxylic acids is 1. The fraction of sp³-hybridized carbons (Fsp3) is 0.533. The molecule has 1 aliphatic heterocycles. The number of thiophene rings is 1. The monoisotopic (exact) mass is 305 g/mol. The van der Waals surface area contributed by atoms with Crippen LogP contribution in [0.25, 0.3) is 10.2 Å². The molecule has 0 spiro atoms. The standard InChI is InChI=1S/C15H19N3O2S/c1-9(19)11-10(2)21-13-12(11)16-15(17(3)14(13)20)18-7-5-4-6-8-18/h4-8H2,1-3H3. The van der Waals surface area contributed by atoms with Crippen LogP contribution in [0, 0.1) is 6.92 Å². The van der Waals surface area contributed by atoms with Gasteiger partial charge in [-0.3, -0.25) is 14.2 Å². The van der Waals surface area contributed by atoms with Gasteiger partial charge in [-0.25, -0.2) is 4.98 Å². The zero-order valence-electron chi connectivity index (χ0n) is 12.6. The first-order valence-electron chi connectivity index (χ1n) is 7.26. The second kappa shape index (κ2) is 5.26. The molecule has 0 N–H and O–H groups in total. The van der Waals surface area contributed by atoms with E-state index in [1.165, 1.54) is 24.7 Å². The highest BCUT2D eigenvalue weighted by molar-refractivity contribution is 7.19. The van der Waals surface area contributed by atoms with Crippen molar-refractivity contribution >= 4 is 33.3 Å². The Bertz CT molecular complexity index is 769. The molecule has 0 unspecified atom stereocenters. The Kier molecular flexibility index (Phi) is 3.57. The quantitative estimate of drug-likeness (QED) is 0.800. The second-order valence-electron chi connectivity index (χ2n) is 5.59. The van der Waals surface area contributed by atoms with Crippen molar-refractivity contribution in [3.63, 3.8) is 0 Å². The maximum atomic E-state index is 12.6. The maximum Gasteiger partial charge on any atom is 0.272 e. The molecule has 0 saturated carbocycles. The van der Waals surface area contributed by atoms with Crippen LogP contribution in [0.3, 0.4) is 0 Å². The molecule has 3 rings (SSSR count). The number of rotatable bonds is 2. The van der Waals surface area contributed by atoms with Crippen LogP contribution in [0.1, 0.15) is 41.4 Å². The van der Waals surface area contributed by atoms with Gasteiger partial charge in [0.05, 0.1) is 5.56 Å². The summed E-state index contributed by atoms with van der Waals surface area (Å²) in [4.78, 5) is 32.2. The van der Waals surface area contributed by atoms with Gasteiger partial charge in [0.25, 0.3) is 5.56 Å². The van der Waals surface area contributed by atoms with E-state index in [-0.39, 0.29) is 11.3 Å². The van der Waals surface area contributed by atoms with Gasteiger partial charge in [-0.15, -0.1) is 11.3 Å². The van der Waals surface area contributed by atoms with E-state index in [2.05, 4.69) is 9.88 Å². The minimum Gasteiger partial charge on any atom is -0.342 e. The van der Waals surface area contributed by atoms with Crippen LogP contribution in [0.4, 0.5) is 5.95 Å². The minimum absolute atomic E-state index is 0.0240. The average Bonchev–Trinajstić information content (AvgIpc) is 2.80. The summed E-state index contributed by atoms with van der Waals surface area (Å²) < 4.78 is 2.20. The van der Waals surface area contributed by atoms with E-state index in [0.29, 0.717) is 21.7 Å². The molecule has 1 fully saturated rings. The van der Waals surface area contributed by atoms with Crippen molar-refractivity contribution in [3.05, 3.63) is 20.8 Å². The third-order valence-electron chi connectivity index (χ3n) is 4.06. The first kappa shape index (κ1) is 14.3. The molecule has 0 radical (unpaired) electrons. The van der Waals surface area contributed by atoms with E-state index in [1.807, 2.05) is 6.92 Å². The van der Waals surface area contributed by atoms with Crippen LogP contribution in [0.2, 0.25) is 0 Å². The molecule has 2 aromatic rings. The largest absolute Gasteiger partial charge is 0.342 e. The van der Waals surface area contributed by atoms with Crippen molar-refractivity contribution in [1.82, 2.24) is 9.55 Å². The van der Waals surface area contributed by atoms with E-state index in [1.54, 1.807) is 11.6 Å². The fourth-order valence-corrected chi connectivity index (χ4v) is 4.11. The van der Waals surface area contributed by atoms with Gasteiger partial charge in [0.1, 0.15) is 10.2 Å². The van der Waals surface area contributed by atoms with Gasteiger partial charge < -0.3 is 4.90 Å². The van der Waals surface area contributed by atoms with E-state index in [9.17, 15) is 9.59 Å². The Morgan fingerprint density at radius 3 is 2.52 bits per heavy atom. The van der Waals surface area contributed by atoms with Crippen molar-refractivity contribution in [2.45, 2.75) is 33.1 Å². The van der Waals surface area contributed by atoms with E-state index < -0.39 is 0 Å². The summed E-state index contributed by atoms with van der Waals surface area (Å²) in [5.41, 5.74) is 1.13. The molecule has 2 aromatic heterocycles. The third-order valence-corrected chi connectivity index (χ3v) is 5.14. The molecule has 6 heteroatoms.